The van der Waals surface area contributed by atoms with E-state index in [2.05, 4.69) is 29.6 Å². The summed E-state index contributed by atoms with van der Waals surface area (Å²) < 4.78 is 5.59. The number of ether oxygens (including phenoxy) is 1. The summed E-state index contributed by atoms with van der Waals surface area (Å²) in [6, 6.07) is 0. The number of hydrogen-bond donors (Lipinski definition) is 2. The first-order valence-corrected chi connectivity index (χ1v) is 5.47. The predicted octanol–water partition coefficient (Wildman–Crippen LogP) is -0.484. The van der Waals surface area contributed by atoms with Gasteiger partial charge in [0.25, 0.3) is 0 Å². The van der Waals surface area contributed by atoms with Crippen molar-refractivity contribution in [3.05, 3.63) is 0 Å². The van der Waals surface area contributed by atoms with Gasteiger partial charge in [0.1, 0.15) is 0 Å². The molecular weight excluding hydrogens is 178 g/mol. The van der Waals surface area contributed by atoms with Crippen molar-refractivity contribution in [3.63, 3.8) is 0 Å². The van der Waals surface area contributed by atoms with Crippen LogP contribution in [-0.2, 0) is 4.74 Å². The minimum Gasteiger partial charge on any atom is -0.376 e. The Hall–Kier alpha value is -0.160. The van der Waals surface area contributed by atoms with Crippen LogP contribution in [0, 0.1) is 0 Å². The lowest BCUT2D eigenvalue weighted by Gasteiger charge is -2.23. The fourth-order valence-corrected chi connectivity index (χ4v) is 1.50. The zero-order valence-electron chi connectivity index (χ0n) is 9.38. The maximum atomic E-state index is 5.59. The fourth-order valence-electron chi connectivity index (χ4n) is 1.50. The van der Waals surface area contributed by atoms with E-state index in [0.717, 1.165) is 45.8 Å². The molecule has 0 saturated carbocycles. The van der Waals surface area contributed by atoms with Crippen molar-refractivity contribution in [2.45, 2.75) is 12.5 Å². The van der Waals surface area contributed by atoms with Crippen molar-refractivity contribution in [2.24, 2.45) is 0 Å². The van der Waals surface area contributed by atoms with Gasteiger partial charge in [-0.15, -0.1) is 0 Å². The quantitative estimate of drug-likeness (QED) is 0.569. The van der Waals surface area contributed by atoms with Gasteiger partial charge in [-0.3, -0.25) is 0 Å². The first kappa shape index (κ1) is 11.9. The zero-order chi connectivity index (χ0) is 10.2. The number of rotatable bonds is 6. The largest absolute Gasteiger partial charge is 0.376 e. The van der Waals surface area contributed by atoms with Crippen molar-refractivity contribution in [3.8, 4) is 0 Å². The summed E-state index contributed by atoms with van der Waals surface area (Å²) in [5.74, 6) is 0. The Morgan fingerprint density at radius 2 is 2.29 bits per heavy atom. The highest BCUT2D eigenvalue weighted by Gasteiger charge is 2.11. The Kier molecular flexibility index (Phi) is 6.10. The monoisotopic (exact) mass is 201 g/mol. The third-order valence-corrected chi connectivity index (χ3v) is 2.38. The molecule has 0 amide bonds. The summed E-state index contributed by atoms with van der Waals surface area (Å²) in [6.45, 7) is 6.10. The molecule has 1 saturated heterocycles. The molecule has 4 heteroatoms. The molecule has 0 aromatic heterocycles. The molecule has 0 spiro atoms. The molecule has 1 atom stereocenters. The molecule has 1 aliphatic heterocycles. The lowest BCUT2D eigenvalue weighted by Crippen LogP contribution is -2.40. The third-order valence-electron chi connectivity index (χ3n) is 2.38. The molecule has 84 valence electrons. The predicted molar refractivity (Wildman–Crippen MR) is 58.7 cm³/mol. The second kappa shape index (κ2) is 7.17. The van der Waals surface area contributed by atoms with E-state index in [0.29, 0.717) is 6.10 Å². The molecule has 0 radical (unpaired) electrons. The standard InChI is InChI=1S/C10H23N3O/c1-13(2)7-5-11-4-3-10-9-12-6-8-14-10/h10-12H,3-9H2,1-2H3. The summed E-state index contributed by atoms with van der Waals surface area (Å²) in [7, 11) is 4.19. The van der Waals surface area contributed by atoms with Gasteiger partial charge in [-0.2, -0.15) is 0 Å². The summed E-state index contributed by atoms with van der Waals surface area (Å²) in [5, 5.41) is 6.75. The van der Waals surface area contributed by atoms with E-state index in [-0.39, 0.29) is 0 Å². The van der Waals surface area contributed by atoms with Gasteiger partial charge in [0.15, 0.2) is 0 Å². The van der Waals surface area contributed by atoms with Crippen molar-refractivity contribution < 1.29 is 4.74 Å². The molecule has 1 heterocycles. The van der Waals surface area contributed by atoms with Crippen LogP contribution in [0.4, 0.5) is 0 Å². The average molecular weight is 201 g/mol. The Labute approximate surface area is 87.0 Å². The molecule has 2 N–H and O–H groups in total. The van der Waals surface area contributed by atoms with Gasteiger partial charge in [-0.05, 0) is 27.1 Å². The van der Waals surface area contributed by atoms with E-state index in [1.165, 1.54) is 0 Å². The Morgan fingerprint density at radius 3 is 2.93 bits per heavy atom. The normalized spacial score (nSPS) is 22.9. The molecule has 0 aromatic rings. The molecule has 0 bridgehead atoms. The van der Waals surface area contributed by atoms with Crippen LogP contribution in [0.3, 0.4) is 0 Å². The summed E-state index contributed by atoms with van der Waals surface area (Å²) >= 11 is 0. The second-order valence-electron chi connectivity index (χ2n) is 4.04. The molecular formula is C10H23N3O. The van der Waals surface area contributed by atoms with E-state index in [1.807, 2.05) is 0 Å². The Morgan fingerprint density at radius 1 is 1.43 bits per heavy atom. The van der Waals surface area contributed by atoms with Crippen LogP contribution in [-0.4, -0.2) is 64.4 Å². The summed E-state index contributed by atoms with van der Waals surface area (Å²) in [4.78, 5) is 2.19. The second-order valence-corrected chi connectivity index (χ2v) is 4.04. The van der Waals surface area contributed by atoms with Crippen molar-refractivity contribution >= 4 is 0 Å². The SMILES string of the molecule is CN(C)CCNCCC1CNCCO1. The Balaban J connectivity index is 1.87. The lowest BCUT2D eigenvalue weighted by atomic mass is 10.2. The van der Waals surface area contributed by atoms with E-state index < -0.39 is 0 Å². The third kappa shape index (κ3) is 5.54. The van der Waals surface area contributed by atoms with Crippen molar-refractivity contribution in [2.75, 3.05) is 53.4 Å². The molecule has 14 heavy (non-hydrogen) atoms. The fraction of sp³-hybridized carbons (Fsp3) is 1.00. The van der Waals surface area contributed by atoms with Crippen molar-refractivity contribution in [1.29, 1.82) is 0 Å². The number of likely N-dealkylation sites (N-methyl/N-ethyl adjacent to an activating group) is 1. The molecule has 0 aliphatic carbocycles. The van der Waals surface area contributed by atoms with Crippen LogP contribution in [0.5, 0.6) is 0 Å². The average Bonchev–Trinajstić information content (AvgIpc) is 2.18. The van der Waals surface area contributed by atoms with Crippen LogP contribution < -0.4 is 10.6 Å². The first-order valence-electron chi connectivity index (χ1n) is 5.47. The molecule has 0 aromatic carbocycles. The van der Waals surface area contributed by atoms with Gasteiger partial charge in [0, 0.05) is 26.2 Å². The van der Waals surface area contributed by atoms with E-state index in [1.54, 1.807) is 0 Å². The van der Waals surface area contributed by atoms with Crippen LogP contribution in [0.1, 0.15) is 6.42 Å². The van der Waals surface area contributed by atoms with E-state index >= 15 is 0 Å². The number of hydrogen-bond acceptors (Lipinski definition) is 4. The van der Waals surface area contributed by atoms with Gasteiger partial charge >= 0.3 is 0 Å². The topological polar surface area (TPSA) is 36.5 Å². The maximum Gasteiger partial charge on any atom is 0.0712 e. The van der Waals surface area contributed by atoms with Gasteiger partial charge in [0.05, 0.1) is 12.7 Å². The van der Waals surface area contributed by atoms with Crippen LogP contribution >= 0.6 is 0 Å². The summed E-state index contributed by atoms with van der Waals surface area (Å²) in [6.07, 6.45) is 1.52. The van der Waals surface area contributed by atoms with Gasteiger partial charge in [0.2, 0.25) is 0 Å². The molecule has 1 fully saturated rings. The molecule has 4 nitrogen and oxygen atoms in total. The van der Waals surface area contributed by atoms with Gasteiger partial charge < -0.3 is 20.3 Å². The molecule has 1 rings (SSSR count). The Bertz CT molecular complexity index is 135. The summed E-state index contributed by atoms with van der Waals surface area (Å²) in [5.41, 5.74) is 0. The van der Waals surface area contributed by atoms with Crippen LogP contribution in [0.25, 0.3) is 0 Å². The number of nitrogens with zero attached hydrogens (tertiary/aromatic N) is 1. The minimum absolute atomic E-state index is 0.413. The minimum atomic E-state index is 0.413. The van der Waals surface area contributed by atoms with Crippen LogP contribution in [0.2, 0.25) is 0 Å². The van der Waals surface area contributed by atoms with Crippen LogP contribution in [0.15, 0.2) is 0 Å². The zero-order valence-corrected chi connectivity index (χ0v) is 9.38. The maximum absolute atomic E-state index is 5.59. The lowest BCUT2D eigenvalue weighted by molar-refractivity contribution is 0.0239. The highest BCUT2D eigenvalue weighted by atomic mass is 16.5. The number of morpholine rings is 1. The van der Waals surface area contributed by atoms with E-state index in [4.69, 9.17) is 4.74 Å². The molecule has 1 unspecified atom stereocenters. The highest BCUT2D eigenvalue weighted by Crippen LogP contribution is 1.99. The smallest absolute Gasteiger partial charge is 0.0712 e. The van der Waals surface area contributed by atoms with Crippen molar-refractivity contribution in [1.82, 2.24) is 15.5 Å². The van der Waals surface area contributed by atoms with Gasteiger partial charge in [-0.1, -0.05) is 0 Å². The molecule has 1 aliphatic rings. The highest BCUT2D eigenvalue weighted by molar-refractivity contribution is 4.68. The van der Waals surface area contributed by atoms with Gasteiger partial charge in [-0.25, -0.2) is 0 Å². The first-order chi connectivity index (χ1) is 6.79. The number of nitrogens with one attached hydrogen (secondary N) is 2. The van der Waals surface area contributed by atoms with E-state index in [9.17, 15) is 0 Å².